The summed E-state index contributed by atoms with van der Waals surface area (Å²) in [6.45, 7) is 12.8. The molecule has 2 aliphatic rings. The van der Waals surface area contributed by atoms with Crippen molar-refractivity contribution < 1.29 is 57.4 Å². The summed E-state index contributed by atoms with van der Waals surface area (Å²) in [5, 5.41) is 32.1. The minimum absolute atomic E-state index is 0.0165. The summed E-state index contributed by atoms with van der Waals surface area (Å²) >= 11 is 7.80. The average Bonchev–Trinajstić information content (AvgIpc) is 4.17. The monoisotopic (exact) mass is 1100 g/mol. The molecule has 0 radical (unpaired) electrons. The van der Waals surface area contributed by atoms with Gasteiger partial charge in [-0.2, -0.15) is 0 Å². The smallest absolute Gasteiger partial charge is 0.344 e. The molecule has 23 heteroatoms. The molecule has 2 fully saturated rings. The molecule has 3 aromatic carbocycles. The van der Waals surface area contributed by atoms with Crippen LogP contribution in [0.3, 0.4) is 0 Å². The molecule has 4 heterocycles. The lowest BCUT2D eigenvalue weighted by Gasteiger charge is -2.39. The second-order valence-electron chi connectivity index (χ2n) is 19.7. The van der Waals surface area contributed by atoms with Crippen molar-refractivity contribution >= 4 is 52.3 Å². The number of aryl methyl sites for hydroxylation is 2. The average molecular weight is 1100 g/mol. The van der Waals surface area contributed by atoms with Crippen molar-refractivity contribution in [1.82, 2.24) is 35.5 Å². The standard InChI is InChI=1S/C54H67ClN8O13S/c1-35-49(77-34-57-35)40-8-6-37(7-9-40)31-56-51(66)44-30-42(64)32-62(44)53(68)50(54(3,4)5)58-45(65)33-74-27-26-72-23-22-71-24-25-73-28-29-75-43-16-12-39(13-17-43)48(38-10-14-41(55)15-11-38)60-18-20-61(21-19-60)52(67)46-47(63(69)70)36(2)76-59-46/h6-17,34,42,44,48,50,64H,18-33H2,1-5H3,(H,56,66)(H,58,65)/t42-,44+,48?,50-/m1/s1. The van der Waals surface area contributed by atoms with Gasteiger partial charge in [-0.1, -0.05) is 86.1 Å². The number of ether oxygens (including phenoxy) is 5. The minimum atomic E-state index is -0.982. The van der Waals surface area contributed by atoms with E-state index in [0.717, 1.165) is 32.8 Å². The highest BCUT2D eigenvalue weighted by Gasteiger charge is 2.44. The maximum Gasteiger partial charge on any atom is 0.344 e. The van der Waals surface area contributed by atoms with Crippen LogP contribution in [-0.2, 0) is 39.9 Å². The van der Waals surface area contributed by atoms with Crippen LogP contribution in [0.1, 0.15) is 71.9 Å². The van der Waals surface area contributed by atoms with Gasteiger partial charge in [-0.15, -0.1) is 11.3 Å². The molecule has 2 aromatic heterocycles. The van der Waals surface area contributed by atoms with Gasteiger partial charge in [0.05, 0.1) is 79.4 Å². The summed E-state index contributed by atoms with van der Waals surface area (Å²) in [6.07, 6.45) is -0.801. The van der Waals surface area contributed by atoms with Crippen LogP contribution in [0.15, 0.2) is 82.8 Å². The van der Waals surface area contributed by atoms with E-state index < -0.39 is 51.9 Å². The zero-order valence-electron chi connectivity index (χ0n) is 43.9. The highest BCUT2D eigenvalue weighted by molar-refractivity contribution is 7.13. The summed E-state index contributed by atoms with van der Waals surface area (Å²) in [5.41, 5.74) is 5.28. The summed E-state index contributed by atoms with van der Waals surface area (Å²) in [6, 6.07) is 21.2. The molecule has 1 unspecified atom stereocenters. The van der Waals surface area contributed by atoms with E-state index in [9.17, 15) is 34.4 Å². The fourth-order valence-electron chi connectivity index (χ4n) is 9.09. The number of β-amino-alcohol motifs (C(OH)–C–C–N with tert-alkyl or cyclic N) is 1. The third-order valence-corrected chi connectivity index (χ3v) is 14.4. The zero-order chi connectivity index (χ0) is 55.1. The number of piperazine rings is 1. The van der Waals surface area contributed by atoms with Crippen LogP contribution in [-0.4, -0.2) is 169 Å². The molecule has 21 nitrogen and oxygen atoms in total. The SMILES string of the molecule is Cc1ncsc1-c1ccc(CNC(=O)[C@@H]2C[C@@H](O)CN2C(=O)[C@@H](NC(=O)COCCOCCOCCOCCOc2ccc(C(c3ccc(Cl)cc3)N3CCN(C(=O)c4noc(C)c4[N+](=O)[O-])CC3)cc2)C(C)(C)C)cc1. The molecular weight excluding hydrogens is 1040 g/mol. The Hall–Kier alpha value is -6.37. The van der Waals surface area contributed by atoms with Gasteiger partial charge in [0.1, 0.15) is 31.0 Å². The zero-order valence-corrected chi connectivity index (χ0v) is 45.5. The molecule has 7 rings (SSSR count). The van der Waals surface area contributed by atoms with E-state index in [2.05, 4.69) is 25.7 Å². The Morgan fingerprint density at radius 2 is 1.45 bits per heavy atom. The Balaban J connectivity index is 0.741. The molecular formula is C54H67ClN8O13S. The van der Waals surface area contributed by atoms with Gasteiger partial charge in [-0.05, 0) is 58.9 Å². The first kappa shape index (κ1) is 58.3. The van der Waals surface area contributed by atoms with Crippen LogP contribution in [0.5, 0.6) is 5.75 Å². The number of likely N-dealkylation sites (tertiary alicyclic amines) is 1. The van der Waals surface area contributed by atoms with Crippen molar-refractivity contribution in [3.05, 3.63) is 127 Å². The largest absolute Gasteiger partial charge is 0.491 e. The molecule has 2 aliphatic heterocycles. The van der Waals surface area contributed by atoms with Gasteiger partial charge in [-0.3, -0.25) is 34.2 Å². The summed E-state index contributed by atoms with van der Waals surface area (Å²) in [5.74, 6) is -1.23. The number of aliphatic hydroxyl groups excluding tert-OH is 1. The highest BCUT2D eigenvalue weighted by Crippen LogP contribution is 2.33. The predicted molar refractivity (Wildman–Crippen MR) is 286 cm³/mol. The molecule has 4 atom stereocenters. The van der Waals surface area contributed by atoms with Gasteiger partial charge >= 0.3 is 5.69 Å². The van der Waals surface area contributed by atoms with Crippen molar-refractivity contribution in [3.63, 3.8) is 0 Å². The Kier molecular flexibility index (Phi) is 21.0. The lowest BCUT2D eigenvalue weighted by atomic mass is 9.85. The maximum atomic E-state index is 14.0. The van der Waals surface area contributed by atoms with Crippen molar-refractivity contribution in [2.45, 2.75) is 71.8 Å². The van der Waals surface area contributed by atoms with Gasteiger partial charge in [0.15, 0.2) is 0 Å². The molecule has 0 bridgehead atoms. The van der Waals surface area contributed by atoms with E-state index in [-0.39, 0.29) is 62.7 Å². The van der Waals surface area contributed by atoms with Gasteiger partial charge in [-0.25, -0.2) is 4.98 Å². The number of hydrogen-bond donors (Lipinski definition) is 3. The number of halogens is 1. The van der Waals surface area contributed by atoms with Gasteiger partial charge in [0.25, 0.3) is 5.91 Å². The number of benzene rings is 3. The second kappa shape index (κ2) is 27.8. The van der Waals surface area contributed by atoms with E-state index >= 15 is 0 Å². The first-order chi connectivity index (χ1) is 37.0. The van der Waals surface area contributed by atoms with Crippen LogP contribution >= 0.6 is 22.9 Å². The van der Waals surface area contributed by atoms with Gasteiger partial charge in [0.2, 0.25) is 29.2 Å². The molecule has 0 spiro atoms. The van der Waals surface area contributed by atoms with Crippen LogP contribution in [0.25, 0.3) is 10.4 Å². The lowest BCUT2D eigenvalue weighted by molar-refractivity contribution is -0.386. The van der Waals surface area contributed by atoms with Gasteiger partial charge < -0.3 is 53.7 Å². The fourth-order valence-corrected chi connectivity index (χ4v) is 10.0. The molecule has 0 aliphatic carbocycles. The fraction of sp³-hybridized carbons (Fsp3) is 0.481. The normalized spacial score (nSPS) is 16.8. The minimum Gasteiger partial charge on any atom is -0.491 e. The van der Waals surface area contributed by atoms with E-state index in [1.54, 1.807) is 21.7 Å². The van der Waals surface area contributed by atoms with Crippen molar-refractivity contribution in [3.8, 4) is 16.2 Å². The molecule has 0 saturated carbocycles. The van der Waals surface area contributed by atoms with E-state index in [1.165, 1.54) is 11.8 Å². The lowest BCUT2D eigenvalue weighted by Crippen LogP contribution is -2.58. The number of nitrogens with one attached hydrogen (secondary N) is 2. The Morgan fingerprint density at radius 3 is 2.04 bits per heavy atom. The number of amides is 4. The van der Waals surface area contributed by atoms with Gasteiger partial charge in [0, 0.05) is 57.6 Å². The first-order valence-corrected chi connectivity index (χ1v) is 26.7. The Labute approximate surface area is 456 Å². The number of nitro groups is 1. The Bertz CT molecular complexity index is 2750. The van der Waals surface area contributed by atoms with Crippen LogP contribution < -0.4 is 15.4 Å². The Morgan fingerprint density at radius 1 is 0.857 bits per heavy atom. The molecule has 4 amide bonds. The first-order valence-electron chi connectivity index (χ1n) is 25.5. The van der Waals surface area contributed by atoms with Crippen molar-refractivity contribution in [2.75, 3.05) is 92.2 Å². The van der Waals surface area contributed by atoms with Crippen LogP contribution in [0.2, 0.25) is 5.02 Å². The molecule has 3 N–H and O–H groups in total. The number of rotatable bonds is 26. The second-order valence-corrected chi connectivity index (χ2v) is 21.0. The van der Waals surface area contributed by atoms with Crippen molar-refractivity contribution in [1.29, 1.82) is 0 Å². The summed E-state index contributed by atoms with van der Waals surface area (Å²) in [7, 11) is 0. The highest BCUT2D eigenvalue weighted by atomic mass is 35.5. The van der Waals surface area contributed by atoms with E-state index in [0.29, 0.717) is 76.6 Å². The number of thiazole rings is 1. The summed E-state index contributed by atoms with van der Waals surface area (Å²) in [4.78, 5) is 75.1. The molecule has 2 saturated heterocycles. The summed E-state index contributed by atoms with van der Waals surface area (Å²) < 4.78 is 33.3. The third kappa shape index (κ3) is 16.1. The quantitative estimate of drug-likeness (QED) is 0.0337. The molecule has 5 aromatic rings. The predicted octanol–water partition coefficient (Wildman–Crippen LogP) is 5.78. The molecule has 414 valence electrons. The number of hydrogen-bond acceptors (Lipinski definition) is 17. The van der Waals surface area contributed by atoms with E-state index in [4.69, 9.17) is 39.8 Å². The number of nitrogens with zero attached hydrogens (tertiary/aromatic N) is 6. The third-order valence-electron chi connectivity index (χ3n) is 13.1. The maximum absolute atomic E-state index is 14.0. The number of aromatic nitrogens is 2. The molecule has 77 heavy (non-hydrogen) atoms. The van der Waals surface area contributed by atoms with E-state index in [1.807, 2.05) is 100 Å². The van der Waals surface area contributed by atoms with Crippen LogP contribution in [0, 0.1) is 29.4 Å². The van der Waals surface area contributed by atoms with Crippen LogP contribution in [0.4, 0.5) is 5.69 Å². The number of aliphatic hydroxyl groups is 1. The topological polar surface area (TPSA) is 250 Å². The van der Waals surface area contributed by atoms with Crippen molar-refractivity contribution in [2.24, 2.45) is 5.41 Å². The number of carbonyl (C=O) groups excluding carboxylic acids is 4. The number of carbonyl (C=O) groups is 4.